The van der Waals surface area contributed by atoms with Crippen LogP contribution in [0.15, 0.2) is 47.4 Å². The lowest BCUT2D eigenvalue weighted by Gasteiger charge is -2.33. The maximum atomic E-state index is 13.3. The van der Waals surface area contributed by atoms with Crippen molar-refractivity contribution in [1.29, 1.82) is 0 Å². The monoisotopic (exact) mass is 487 g/mol. The quantitative estimate of drug-likeness (QED) is 0.618. The second-order valence-corrected chi connectivity index (χ2v) is 10.2. The van der Waals surface area contributed by atoms with Crippen molar-refractivity contribution < 1.29 is 27.5 Å². The Hall–Kier alpha value is -3.11. The van der Waals surface area contributed by atoms with Crippen molar-refractivity contribution in [3.8, 4) is 11.5 Å². The van der Waals surface area contributed by atoms with Crippen molar-refractivity contribution >= 4 is 21.8 Å². The third-order valence-electron chi connectivity index (χ3n) is 6.05. The number of carbonyl (C=O) groups excluding carboxylic acids is 2. The molecule has 0 aliphatic carbocycles. The molecule has 2 aromatic carbocycles. The topological polar surface area (TPSA) is 96.5 Å². The molecule has 4 rings (SSSR count). The van der Waals surface area contributed by atoms with Crippen molar-refractivity contribution in [2.75, 3.05) is 45.9 Å². The summed E-state index contributed by atoms with van der Waals surface area (Å²) in [6, 6.07) is 11.7. The van der Waals surface area contributed by atoms with Crippen LogP contribution < -0.4 is 9.47 Å². The van der Waals surface area contributed by atoms with E-state index in [1.807, 2.05) is 25.1 Å². The van der Waals surface area contributed by atoms with E-state index < -0.39 is 10.0 Å². The molecule has 182 valence electrons. The molecule has 0 unspecified atom stereocenters. The van der Waals surface area contributed by atoms with Gasteiger partial charge in [0.15, 0.2) is 11.5 Å². The molecule has 34 heavy (non-hydrogen) atoms. The largest absolute Gasteiger partial charge is 0.486 e. The molecule has 1 fully saturated rings. The van der Waals surface area contributed by atoms with E-state index >= 15 is 0 Å². The van der Waals surface area contributed by atoms with E-state index in [2.05, 4.69) is 0 Å². The molecule has 2 heterocycles. The Morgan fingerprint density at radius 1 is 0.971 bits per heavy atom. The summed E-state index contributed by atoms with van der Waals surface area (Å²) in [7, 11) is -3.77. The van der Waals surface area contributed by atoms with E-state index in [1.165, 1.54) is 23.4 Å². The number of sulfonamides is 1. The molecule has 0 bridgehead atoms. The summed E-state index contributed by atoms with van der Waals surface area (Å²) in [6.07, 6.45) is 0. The zero-order valence-corrected chi connectivity index (χ0v) is 20.2. The molecule has 0 aromatic heterocycles. The maximum absolute atomic E-state index is 13.3. The Kier molecular flexibility index (Phi) is 7.08. The molecule has 10 heteroatoms. The molecule has 0 atom stereocenters. The van der Waals surface area contributed by atoms with Gasteiger partial charge in [0.2, 0.25) is 15.9 Å². The lowest BCUT2D eigenvalue weighted by molar-refractivity contribution is -0.129. The van der Waals surface area contributed by atoms with Crippen LogP contribution in [0.4, 0.5) is 0 Å². The Morgan fingerprint density at radius 3 is 2.35 bits per heavy atom. The molecule has 0 spiro atoms. The molecule has 1 saturated heterocycles. The van der Waals surface area contributed by atoms with Gasteiger partial charge in [-0.3, -0.25) is 9.59 Å². The van der Waals surface area contributed by atoms with Gasteiger partial charge in [-0.1, -0.05) is 12.1 Å². The molecule has 0 saturated carbocycles. The number of amides is 2. The predicted molar refractivity (Wildman–Crippen MR) is 125 cm³/mol. The third-order valence-corrected chi connectivity index (χ3v) is 7.95. The number of rotatable bonds is 6. The van der Waals surface area contributed by atoms with Crippen LogP contribution >= 0.6 is 0 Å². The van der Waals surface area contributed by atoms with Gasteiger partial charge in [0.05, 0.1) is 4.90 Å². The van der Waals surface area contributed by atoms with Crippen molar-refractivity contribution in [3.05, 3.63) is 53.6 Å². The van der Waals surface area contributed by atoms with Gasteiger partial charge in [0.1, 0.15) is 13.2 Å². The van der Waals surface area contributed by atoms with Gasteiger partial charge in [0, 0.05) is 51.8 Å². The van der Waals surface area contributed by atoms with E-state index in [4.69, 9.17) is 9.47 Å². The molecule has 9 nitrogen and oxygen atoms in total. The molecular weight excluding hydrogens is 458 g/mol. The predicted octanol–water partition coefficient (Wildman–Crippen LogP) is 1.97. The number of nitrogens with zero attached hydrogens (tertiary/aromatic N) is 3. The molecule has 2 aliphatic heterocycles. The number of fused-ring (bicyclic) bond motifs is 1. The highest BCUT2D eigenvalue weighted by molar-refractivity contribution is 7.89. The van der Waals surface area contributed by atoms with Gasteiger partial charge in [-0.05, 0) is 42.8 Å². The number of benzene rings is 2. The van der Waals surface area contributed by atoms with Gasteiger partial charge in [-0.25, -0.2) is 8.42 Å². The Balaban J connectivity index is 1.49. The van der Waals surface area contributed by atoms with Crippen LogP contribution in [0.2, 0.25) is 0 Å². The summed E-state index contributed by atoms with van der Waals surface area (Å²) in [5.41, 5.74) is 1.20. The Bertz CT molecular complexity index is 1170. The normalized spacial score (nSPS) is 16.2. The maximum Gasteiger partial charge on any atom is 0.254 e. The molecule has 0 N–H and O–H groups in total. The second kappa shape index (κ2) is 10.0. The highest BCUT2D eigenvalue weighted by Crippen LogP contribution is 2.31. The summed E-state index contributed by atoms with van der Waals surface area (Å²) >= 11 is 0. The number of carbonyl (C=O) groups is 2. The van der Waals surface area contributed by atoms with Crippen LogP contribution in [-0.4, -0.2) is 80.3 Å². The van der Waals surface area contributed by atoms with Crippen molar-refractivity contribution in [2.45, 2.75) is 25.3 Å². The summed E-state index contributed by atoms with van der Waals surface area (Å²) in [5, 5.41) is 0. The van der Waals surface area contributed by atoms with E-state index in [-0.39, 0.29) is 29.8 Å². The number of hydrogen-bond donors (Lipinski definition) is 0. The van der Waals surface area contributed by atoms with Crippen LogP contribution in [0, 0.1) is 0 Å². The minimum Gasteiger partial charge on any atom is -0.486 e. The second-order valence-electron chi connectivity index (χ2n) is 8.24. The van der Waals surface area contributed by atoms with E-state index in [0.717, 1.165) is 5.56 Å². The lowest BCUT2D eigenvalue weighted by Crippen LogP contribution is -2.49. The van der Waals surface area contributed by atoms with Gasteiger partial charge < -0.3 is 19.3 Å². The van der Waals surface area contributed by atoms with Crippen molar-refractivity contribution in [2.24, 2.45) is 0 Å². The zero-order chi connectivity index (χ0) is 24.3. The van der Waals surface area contributed by atoms with Gasteiger partial charge in [0.25, 0.3) is 5.91 Å². The van der Waals surface area contributed by atoms with Crippen LogP contribution in [0.3, 0.4) is 0 Å². The smallest absolute Gasteiger partial charge is 0.254 e. The first-order chi connectivity index (χ1) is 16.3. The fraction of sp³-hybridized carbons (Fsp3) is 0.417. The highest BCUT2D eigenvalue weighted by atomic mass is 32.2. The lowest BCUT2D eigenvalue weighted by atomic mass is 10.1. The van der Waals surface area contributed by atoms with Crippen LogP contribution in [0.5, 0.6) is 11.5 Å². The highest BCUT2D eigenvalue weighted by Gasteiger charge is 2.30. The van der Waals surface area contributed by atoms with Crippen LogP contribution in [0.1, 0.15) is 29.8 Å². The number of piperazine rings is 1. The summed E-state index contributed by atoms with van der Waals surface area (Å²) < 4.78 is 38.9. The standard InChI is InChI=1S/C24H29N3O6S/c1-3-25(17-19-7-8-22-23(15-19)33-14-13-32-22)24(29)20-5-4-6-21(16-20)34(30,31)27-11-9-26(10-12-27)18(2)28/h4-8,15-16H,3,9-14,17H2,1-2H3. The van der Waals surface area contributed by atoms with Gasteiger partial charge >= 0.3 is 0 Å². The first-order valence-corrected chi connectivity index (χ1v) is 12.8. The third kappa shape index (κ3) is 5.02. The minimum absolute atomic E-state index is 0.0673. The first kappa shape index (κ1) is 24.0. The van der Waals surface area contributed by atoms with E-state index in [0.29, 0.717) is 56.5 Å². The SMILES string of the molecule is CCN(Cc1ccc2c(c1)OCCO2)C(=O)c1cccc(S(=O)(=O)N2CCN(C(C)=O)CC2)c1. The zero-order valence-electron chi connectivity index (χ0n) is 19.4. The Morgan fingerprint density at radius 2 is 1.68 bits per heavy atom. The molecular formula is C24H29N3O6S. The van der Waals surface area contributed by atoms with Crippen molar-refractivity contribution in [3.63, 3.8) is 0 Å². The van der Waals surface area contributed by atoms with Crippen LogP contribution in [-0.2, 0) is 21.4 Å². The van der Waals surface area contributed by atoms with Crippen LogP contribution in [0.25, 0.3) is 0 Å². The molecule has 2 aromatic rings. The van der Waals surface area contributed by atoms with E-state index in [1.54, 1.807) is 21.9 Å². The van der Waals surface area contributed by atoms with Crippen molar-refractivity contribution in [1.82, 2.24) is 14.1 Å². The fourth-order valence-corrected chi connectivity index (χ4v) is 5.57. The summed E-state index contributed by atoms with van der Waals surface area (Å²) in [6.45, 7) is 6.33. The molecule has 0 radical (unpaired) electrons. The van der Waals surface area contributed by atoms with Gasteiger partial charge in [-0.15, -0.1) is 0 Å². The van der Waals surface area contributed by atoms with Gasteiger partial charge in [-0.2, -0.15) is 4.31 Å². The fourth-order valence-electron chi connectivity index (χ4n) is 4.10. The minimum atomic E-state index is -3.77. The molecule has 2 aliphatic rings. The molecule has 2 amide bonds. The summed E-state index contributed by atoms with van der Waals surface area (Å²) in [5.74, 6) is 1.02. The Labute approximate surface area is 199 Å². The average molecular weight is 488 g/mol. The number of hydrogen-bond acceptors (Lipinski definition) is 6. The van der Waals surface area contributed by atoms with E-state index in [9.17, 15) is 18.0 Å². The summed E-state index contributed by atoms with van der Waals surface area (Å²) in [4.78, 5) is 28.2. The number of ether oxygens (including phenoxy) is 2. The average Bonchev–Trinajstić information content (AvgIpc) is 2.87. The first-order valence-electron chi connectivity index (χ1n) is 11.3.